The summed E-state index contributed by atoms with van der Waals surface area (Å²) in [6.45, 7) is 5.33. The number of nitrogens with zero attached hydrogens (tertiary/aromatic N) is 3. The number of hydrogen-bond donors (Lipinski definition) is 1. The summed E-state index contributed by atoms with van der Waals surface area (Å²) in [5.41, 5.74) is 0. The van der Waals surface area contributed by atoms with E-state index in [1.807, 2.05) is 7.05 Å². The molecule has 0 aliphatic rings. The van der Waals surface area contributed by atoms with Gasteiger partial charge in [0.2, 0.25) is 0 Å². The lowest BCUT2D eigenvalue weighted by Gasteiger charge is -2.03. The van der Waals surface area contributed by atoms with Gasteiger partial charge in [0.05, 0.1) is 13.2 Å². The van der Waals surface area contributed by atoms with E-state index in [-0.39, 0.29) is 0 Å². The molecular weight excluding hydrogens is 192 g/mol. The molecule has 0 spiro atoms. The molecule has 1 rings (SSSR count). The first-order valence-electron chi connectivity index (χ1n) is 5.46. The Balaban J connectivity index is 1.93. The third-order valence-electron chi connectivity index (χ3n) is 2.00. The third-order valence-corrected chi connectivity index (χ3v) is 2.00. The fraction of sp³-hybridized carbons (Fsp3) is 0.800. The minimum absolute atomic E-state index is 0.706. The third kappa shape index (κ3) is 5.49. The Morgan fingerprint density at radius 3 is 3.00 bits per heavy atom. The van der Waals surface area contributed by atoms with Crippen LogP contribution >= 0.6 is 0 Å². The molecule has 0 amide bonds. The van der Waals surface area contributed by atoms with E-state index in [4.69, 9.17) is 4.74 Å². The van der Waals surface area contributed by atoms with Crippen LogP contribution in [0.3, 0.4) is 0 Å². The maximum Gasteiger partial charge on any atom is 0.164 e. The van der Waals surface area contributed by atoms with Gasteiger partial charge in [-0.05, 0) is 6.42 Å². The van der Waals surface area contributed by atoms with E-state index in [2.05, 4.69) is 22.3 Å². The molecule has 0 saturated carbocycles. The molecular formula is C10H20N4O. The Morgan fingerprint density at radius 2 is 2.33 bits per heavy atom. The highest BCUT2D eigenvalue weighted by atomic mass is 16.5. The van der Waals surface area contributed by atoms with Gasteiger partial charge >= 0.3 is 0 Å². The highest BCUT2D eigenvalue weighted by Gasteiger charge is 1.96. The molecule has 0 bridgehead atoms. The Kier molecular flexibility index (Phi) is 5.96. The number of hydrogen-bond acceptors (Lipinski definition) is 4. The van der Waals surface area contributed by atoms with Crippen molar-refractivity contribution < 1.29 is 4.74 Å². The topological polar surface area (TPSA) is 52.0 Å². The van der Waals surface area contributed by atoms with Gasteiger partial charge in [0.1, 0.15) is 6.33 Å². The molecule has 0 radical (unpaired) electrons. The van der Waals surface area contributed by atoms with Crippen LogP contribution in [0.25, 0.3) is 0 Å². The summed E-state index contributed by atoms with van der Waals surface area (Å²) in [6.07, 6.45) is 4.03. The molecule has 1 aromatic rings. The van der Waals surface area contributed by atoms with Crippen molar-refractivity contribution >= 4 is 0 Å². The van der Waals surface area contributed by atoms with Gasteiger partial charge < -0.3 is 10.1 Å². The number of nitrogens with one attached hydrogen (secondary N) is 1. The van der Waals surface area contributed by atoms with Crippen molar-refractivity contribution in [1.29, 1.82) is 0 Å². The Labute approximate surface area is 90.8 Å². The number of aromatic nitrogens is 3. The van der Waals surface area contributed by atoms with Crippen molar-refractivity contribution in [2.75, 3.05) is 19.8 Å². The van der Waals surface area contributed by atoms with Gasteiger partial charge in [0.15, 0.2) is 5.82 Å². The number of unbranched alkanes of at least 4 members (excludes halogenated alkanes) is 1. The van der Waals surface area contributed by atoms with Crippen LogP contribution in [-0.4, -0.2) is 34.5 Å². The van der Waals surface area contributed by atoms with Crippen molar-refractivity contribution in [3.8, 4) is 0 Å². The molecule has 0 aliphatic carbocycles. The lowest BCUT2D eigenvalue weighted by molar-refractivity contribution is 0.132. The number of aryl methyl sites for hydroxylation is 1. The Morgan fingerprint density at radius 1 is 1.47 bits per heavy atom. The van der Waals surface area contributed by atoms with Gasteiger partial charge in [-0.1, -0.05) is 13.3 Å². The molecule has 0 saturated heterocycles. The van der Waals surface area contributed by atoms with Crippen LogP contribution in [0, 0.1) is 0 Å². The van der Waals surface area contributed by atoms with Crippen LogP contribution in [0.1, 0.15) is 25.6 Å². The summed E-state index contributed by atoms with van der Waals surface area (Å²) in [7, 11) is 1.87. The van der Waals surface area contributed by atoms with E-state index in [0.717, 1.165) is 32.0 Å². The fourth-order valence-corrected chi connectivity index (χ4v) is 1.16. The minimum Gasteiger partial charge on any atom is -0.380 e. The second kappa shape index (κ2) is 7.36. The summed E-state index contributed by atoms with van der Waals surface area (Å²) in [5, 5.41) is 7.39. The maximum absolute atomic E-state index is 5.41. The zero-order valence-electron chi connectivity index (χ0n) is 9.57. The van der Waals surface area contributed by atoms with Gasteiger partial charge in [0.25, 0.3) is 0 Å². The predicted octanol–water partition coefficient (Wildman–Crippen LogP) is 0.721. The second-order valence-corrected chi connectivity index (χ2v) is 3.48. The lowest BCUT2D eigenvalue weighted by atomic mass is 10.4. The van der Waals surface area contributed by atoms with Crippen LogP contribution in [0.4, 0.5) is 0 Å². The lowest BCUT2D eigenvalue weighted by Crippen LogP contribution is -2.20. The van der Waals surface area contributed by atoms with E-state index in [1.54, 1.807) is 11.0 Å². The monoisotopic (exact) mass is 212 g/mol. The standard InChI is InChI=1S/C10H20N4O/c1-3-4-6-15-7-5-11-8-10-12-9-14(2)13-10/h9,11H,3-8H2,1-2H3. The van der Waals surface area contributed by atoms with E-state index in [9.17, 15) is 0 Å². The van der Waals surface area contributed by atoms with Crippen molar-refractivity contribution in [3.05, 3.63) is 12.2 Å². The normalized spacial score (nSPS) is 10.8. The summed E-state index contributed by atoms with van der Waals surface area (Å²) >= 11 is 0. The van der Waals surface area contributed by atoms with Crippen molar-refractivity contribution in [3.63, 3.8) is 0 Å². The van der Waals surface area contributed by atoms with Crippen LogP contribution in [0.2, 0.25) is 0 Å². The Bertz CT molecular complexity index is 262. The molecule has 5 nitrogen and oxygen atoms in total. The molecule has 1 N–H and O–H groups in total. The number of rotatable bonds is 8. The van der Waals surface area contributed by atoms with Crippen molar-refractivity contribution in [1.82, 2.24) is 20.1 Å². The molecule has 5 heteroatoms. The van der Waals surface area contributed by atoms with Crippen molar-refractivity contribution in [2.24, 2.45) is 7.05 Å². The van der Waals surface area contributed by atoms with E-state index in [1.165, 1.54) is 6.42 Å². The molecule has 0 unspecified atom stereocenters. The molecule has 86 valence electrons. The molecule has 1 aromatic heterocycles. The molecule has 0 aromatic carbocycles. The summed E-state index contributed by atoms with van der Waals surface area (Å²) in [4.78, 5) is 4.11. The van der Waals surface area contributed by atoms with Crippen molar-refractivity contribution in [2.45, 2.75) is 26.3 Å². The van der Waals surface area contributed by atoms with Gasteiger partial charge in [-0.15, -0.1) is 0 Å². The molecule has 0 aliphatic heterocycles. The van der Waals surface area contributed by atoms with E-state index >= 15 is 0 Å². The highest BCUT2D eigenvalue weighted by Crippen LogP contribution is 1.88. The van der Waals surface area contributed by atoms with Gasteiger partial charge in [-0.25, -0.2) is 4.98 Å². The quantitative estimate of drug-likeness (QED) is 0.645. The summed E-state index contributed by atoms with van der Waals surface area (Å²) in [6, 6.07) is 0. The first-order chi connectivity index (χ1) is 7.33. The number of ether oxygens (including phenoxy) is 1. The predicted molar refractivity (Wildman–Crippen MR) is 58.4 cm³/mol. The SMILES string of the molecule is CCCCOCCNCc1ncn(C)n1. The van der Waals surface area contributed by atoms with Gasteiger partial charge in [0, 0.05) is 20.2 Å². The zero-order chi connectivity index (χ0) is 10.9. The maximum atomic E-state index is 5.41. The molecule has 15 heavy (non-hydrogen) atoms. The first-order valence-corrected chi connectivity index (χ1v) is 5.46. The highest BCUT2D eigenvalue weighted by molar-refractivity contribution is 4.79. The van der Waals surface area contributed by atoms with Crippen LogP contribution in [0.5, 0.6) is 0 Å². The van der Waals surface area contributed by atoms with Crippen LogP contribution in [0.15, 0.2) is 6.33 Å². The minimum atomic E-state index is 0.706. The molecule has 0 fully saturated rings. The van der Waals surface area contributed by atoms with Crippen LogP contribution in [-0.2, 0) is 18.3 Å². The second-order valence-electron chi connectivity index (χ2n) is 3.48. The average Bonchev–Trinajstić information content (AvgIpc) is 2.63. The first kappa shape index (κ1) is 12.1. The molecule has 1 heterocycles. The Hall–Kier alpha value is -0.940. The molecule has 0 atom stereocenters. The van der Waals surface area contributed by atoms with Crippen LogP contribution < -0.4 is 5.32 Å². The smallest absolute Gasteiger partial charge is 0.164 e. The largest absolute Gasteiger partial charge is 0.380 e. The summed E-state index contributed by atoms with van der Waals surface area (Å²) < 4.78 is 7.11. The van der Waals surface area contributed by atoms with E-state index < -0.39 is 0 Å². The van der Waals surface area contributed by atoms with E-state index in [0.29, 0.717) is 6.54 Å². The zero-order valence-corrected chi connectivity index (χ0v) is 9.57. The fourth-order valence-electron chi connectivity index (χ4n) is 1.16. The average molecular weight is 212 g/mol. The van der Waals surface area contributed by atoms with Gasteiger partial charge in [-0.3, -0.25) is 4.68 Å². The summed E-state index contributed by atoms with van der Waals surface area (Å²) in [5.74, 6) is 0.825. The van der Waals surface area contributed by atoms with Gasteiger partial charge in [-0.2, -0.15) is 5.10 Å².